The summed E-state index contributed by atoms with van der Waals surface area (Å²) in [6, 6.07) is 5.67. The Morgan fingerprint density at radius 3 is 3.00 bits per heavy atom. The van der Waals surface area contributed by atoms with E-state index >= 15 is 0 Å². The predicted octanol–water partition coefficient (Wildman–Crippen LogP) is 1.70. The lowest BCUT2D eigenvalue weighted by atomic mass is 10.0. The molecule has 0 aromatic heterocycles. The first-order valence-corrected chi connectivity index (χ1v) is 6.74. The summed E-state index contributed by atoms with van der Waals surface area (Å²) in [5.41, 5.74) is 2.45. The van der Waals surface area contributed by atoms with Crippen molar-refractivity contribution in [3.8, 4) is 11.8 Å². The van der Waals surface area contributed by atoms with Crippen LogP contribution in [0.4, 0.5) is 5.69 Å². The third kappa shape index (κ3) is 3.38. The molecule has 1 amide bonds. The number of benzene rings is 1. The van der Waals surface area contributed by atoms with Crippen molar-refractivity contribution in [1.29, 1.82) is 0 Å². The van der Waals surface area contributed by atoms with E-state index in [-0.39, 0.29) is 24.5 Å². The Kier molecular flexibility index (Phi) is 4.78. The van der Waals surface area contributed by atoms with Gasteiger partial charge in [-0.15, -0.1) is 0 Å². The minimum atomic E-state index is -0.200. The third-order valence-electron chi connectivity index (χ3n) is 3.45. The summed E-state index contributed by atoms with van der Waals surface area (Å²) in [5, 5.41) is 11.7. The van der Waals surface area contributed by atoms with E-state index in [0.29, 0.717) is 17.9 Å². The van der Waals surface area contributed by atoms with Gasteiger partial charge in [0.2, 0.25) is 5.91 Å². The highest BCUT2D eigenvalue weighted by Crippen LogP contribution is 2.24. The molecule has 4 nitrogen and oxygen atoms in total. The number of aryl methyl sites for hydroxylation is 1. The minimum Gasteiger partial charge on any atom is -0.384 e. The molecule has 0 radical (unpaired) electrons. The molecule has 1 aromatic carbocycles. The summed E-state index contributed by atoms with van der Waals surface area (Å²) in [7, 11) is 0. The highest BCUT2D eigenvalue weighted by molar-refractivity contribution is 5.94. The summed E-state index contributed by atoms with van der Waals surface area (Å²) in [5.74, 6) is 5.31. The van der Waals surface area contributed by atoms with Gasteiger partial charge >= 0.3 is 0 Å². The van der Waals surface area contributed by atoms with Crippen molar-refractivity contribution in [3.05, 3.63) is 29.3 Å². The second-order valence-electron chi connectivity index (χ2n) is 4.97. The van der Waals surface area contributed by atoms with Crippen LogP contribution in [-0.2, 0) is 9.53 Å². The number of carbonyl (C=O) groups is 1. The van der Waals surface area contributed by atoms with Crippen molar-refractivity contribution < 1.29 is 14.6 Å². The Labute approximate surface area is 119 Å². The van der Waals surface area contributed by atoms with E-state index in [1.165, 1.54) is 0 Å². The van der Waals surface area contributed by atoms with Crippen molar-refractivity contribution in [1.82, 2.24) is 0 Å². The standard InChI is InChI=1S/C16H19NO3/c1-11-5-6-13(4-3-8-18)15(10-11)17-16(19)14-7-9-20-12(14)2/h5-6,10,12,14,18H,7-9H2,1-2H3,(H,17,19). The molecule has 2 atom stereocenters. The van der Waals surface area contributed by atoms with Gasteiger partial charge in [0.15, 0.2) is 0 Å². The molecule has 1 aliphatic heterocycles. The number of nitrogens with one attached hydrogen (secondary N) is 1. The molecule has 2 rings (SSSR count). The zero-order chi connectivity index (χ0) is 14.5. The van der Waals surface area contributed by atoms with E-state index in [0.717, 1.165) is 12.0 Å². The highest BCUT2D eigenvalue weighted by atomic mass is 16.5. The fraction of sp³-hybridized carbons (Fsp3) is 0.438. The average molecular weight is 273 g/mol. The second-order valence-corrected chi connectivity index (χ2v) is 4.97. The van der Waals surface area contributed by atoms with Gasteiger partial charge in [-0.25, -0.2) is 0 Å². The Hall–Kier alpha value is -1.83. The normalized spacial score (nSPS) is 21.1. The number of carbonyl (C=O) groups excluding carboxylic acids is 1. The third-order valence-corrected chi connectivity index (χ3v) is 3.45. The number of aliphatic hydroxyl groups is 1. The van der Waals surface area contributed by atoms with E-state index < -0.39 is 0 Å². The molecule has 0 aliphatic carbocycles. The molecule has 1 saturated heterocycles. The second kappa shape index (κ2) is 6.56. The number of hydrogen-bond donors (Lipinski definition) is 2. The lowest BCUT2D eigenvalue weighted by molar-refractivity contribution is -0.121. The van der Waals surface area contributed by atoms with E-state index in [2.05, 4.69) is 17.2 Å². The number of aliphatic hydroxyl groups excluding tert-OH is 1. The number of hydrogen-bond acceptors (Lipinski definition) is 3. The fourth-order valence-electron chi connectivity index (χ4n) is 2.31. The number of amides is 1. The molecular formula is C16H19NO3. The zero-order valence-corrected chi connectivity index (χ0v) is 11.8. The monoisotopic (exact) mass is 273 g/mol. The van der Waals surface area contributed by atoms with Crippen molar-refractivity contribution in [2.45, 2.75) is 26.4 Å². The predicted molar refractivity (Wildman–Crippen MR) is 77.3 cm³/mol. The van der Waals surface area contributed by atoms with Crippen molar-refractivity contribution in [2.75, 3.05) is 18.5 Å². The fourth-order valence-corrected chi connectivity index (χ4v) is 2.31. The Bertz CT molecular complexity index is 557. The Morgan fingerprint density at radius 1 is 1.55 bits per heavy atom. The molecule has 0 bridgehead atoms. The number of rotatable bonds is 2. The average Bonchev–Trinajstić information content (AvgIpc) is 2.84. The molecule has 2 unspecified atom stereocenters. The summed E-state index contributed by atoms with van der Waals surface area (Å²) < 4.78 is 5.42. The highest BCUT2D eigenvalue weighted by Gasteiger charge is 2.30. The van der Waals surface area contributed by atoms with Crippen LogP contribution in [-0.4, -0.2) is 30.3 Å². The van der Waals surface area contributed by atoms with Crippen LogP contribution in [0.25, 0.3) is 0 Å². The first-order valence-electron chi connectivity index (χ1n) is 6.74. The van der Waals surface area contributed by atoms with Crippen LogP contribution in [0.1, 0.15) is 24.5 Å². The van der Waals surface area contributed by atoms with Gasteiger partial charge in [-0.3, -0.25) is 4.79 Å². The lowest BCUT2D eigenvalue weighted by Gasteiger charge is -2.15. The molecule has 20 heavy (non-hydrogen) atoms. The van der Waals surface area contributed by atoms with Gasteiger partial charge in [0.1, 0.15) is 6.61 Å². The number of anilines is 1. The van der Waals surface area contributed by atoms with Crippen LogP contribution in [0.15, 0.2) is 18.2 Å². The maximum Gasteiger partial charge on any atom is 0.230 e. The summed E-state index contributed by atoms with van der Waals surface area (Å²) >= 11 is 0. The SMILES string of the molecule is Cc1ccc(C#CCO)c(NC(=O)C2CCOC2C)c1. The number of ether oxygens (including phenoxy) is 1. The zero-order valence-electron chi connectivity index (χ0n) is 11.8. The first-order chi connectivity index (χ1) is 9.61. The van der Waals surface area contributed by atoms with Gasteiger partial charge in [-0.2, -0.15) is 0 Å². The van der Waals surface area contributed by atoms with Crippen LogP contribution in [0.5, 0.6) is 0 Å². The van der Waals surface area contributed by atoms with E-state index in [9.17, 15) is 4.79 Å². The molecular weight excluding hydrogens is 254 g/mol. The van der Waals surface area contributed by atoms with Crippen LogP contribution in [0.2, 0.25) is 0 Å². The minimum absolute atomic E-state index is 0.0346. The maximum absolute atomic E-state index is 12.3. The largest absolute Gasteiger partial charge is 0.384 e. The van der Waals surface area contributed by atoms with Crippen molar-refractivity contribution in [2.24, 2.45) is 5.92 Å². The Morgan fingerprint density at radius 2 is 2.35 bits per heavy atom. The molecule has 4 heteroatoms. The van der Waals surface area contributed by atoms with Crippen LogP contribution in [0, 0.1) is 24.7 Å². The maximum atomic E-state index is 12.3. The molecule has 0 spiro atoms. The van der Waals surface area contributed by atoms with E-state index in [4.69, 9.17) is 9.84 Å². The van der Waals surface area contributed by atoms with Crippen molar-refractivity contribution in [3.63, 3.8) is 0 Å². The molecule has 1 aromatic rings. The lowest BCUT2D eigenvalue weighted by Crippen LogP contribution is -2.28. The molecule has 1 fully saturated rings. The Balaban J connectivity index is 2.19. The molecule has 1 aliphatic rings. The van der Waals surface area contributed by atoms with Crippen molar-refractivity contribution >= 4 is 11.6 Å². The molecule has 0 saturated carbocycles. The summed E-state index contributed by atoms with van der Waals surface area (Å²) in [6.45, 7) is 4.30. The smallest absolute Gasteiger partial charge is 0.230 e. The van der Waals surface area contributed by atoms with Gasteiger partial charge < -0.3 is 15.2 Å². The van der Waals surface area contributed by atoms with Crippen LogP contribution < -0.4 is 5.32 Å². The van der Waals surface area contributed by atoms with Gasteiger partial charge in [-0.05, 0) is 38.0 Å². The summed E-state index contributed by atoms with van der Waals surface area (Å²) in [6.07, 6.45) is 0.697. The van der Waals surface area contributed by atoms with Crippen LogP contribution >= 0.6 is 0 Å². The van der Waals surface area contributed by atoms with E-state index in [1.54, 1.807) is 0 Å². The van der Waals surface area contributed by atoms with Gasteiger partial charge in [0, 0.05) is 12.2 Å². The molecule has 1 heterocycles. The van der Waals surface area contributed by atoms with E-state index in [1.807, 2.05) is 32.0 Å². The quantitative estimate of drug-likeness (QED) is 0.806. The van der Waals surface area contributed by atoms with Gasteiger partial charge in [0.25, 0.3) is 0 Å². The summed E-state index contributed by atoms with van der Waals surface area (Å²) in [4.78, 5) is 12.3. The topological polar surface area (TPSA) is 58.6 Å². The molecule has 106 valence electrons. The first kappa shape index (κ1) is 14.6. The molecule has 2 N–H and O–H groups in total. The van der Waals surface area contributed by atoms with Crippen LogP contribution in [0.3, 0.4) is 0 Å². The van der Waals surface area contributed by atoms with Gasteiger partial charge in [-0.1, -0.05) is 17.9 Å². The van der Waals surface area contributed by atoms with Gasteiger partial charge in [0.05, 0.1) is 17.7 Å².